The fraction of sp³-hybridized carbons (Fsp3) is 0.235. The molecule has 6 nitrogen and oxygen atoms in total. The van der Waals surface area contributed by atoms with E-state index in [9.17, 15) is 4.79 Å². The van der Waals surface area contributed by atoms with Gasteiger partial charge in [-0.1, -0.05) is 18.2 Å². The number of benzene rings is 1. The molecule has 0 saturated carbocycles. The zero-order chi connectivity index (χ0) is 16.7. The monoisotopic (exact) mass is 312 g/mol. The van der Waals surface area contributed by atoms with E-state index >= 15 is 0 Å². The molecule has 1 aromatic carbocycles. The highest BCUT2D eigenvalue weighted by atomic mass is 16.5. The van der Waals surface area contributed by atoms with E-state index in [1.165, 1.54) is 0 Å². The first-order chi connectivity index (χ1) is 11.1. The first-order valence-electron chi connectivity index (χ1n) is 7.24. The van der Waals surface area contributed by atoms with E-state index < -0.39 is 0 Å². The lowest BCUT2D eigenvalue weighted by Crippen LogP contribution is -2.23. The molecule has 0 fully saturated rings. The van der Waals surface area contributed by atoms with Crippen LogP contribution in [0.1, 0.15) is 27.3 Å². The Morgan fingerprint density at radius 2 is 2.13 bits per heavy atom. The molecule has 23 heavy (non-hydrogen) atoms. The summed E-state index contributed by atoms with van der Waals surface area (Å²) >= 11 is 0. The summed E-state index contributed by atoms with van der Waals surface area (Å²) in [5.74, 6) is 0.808. The molecule has 1 heterocycles. The number of aryl methyl sites for hydroxylation is 1. The minimum absolute atomic E-state index is 0.177. The molecule has 1 amide bonds. The second kappa shape index (κ2) is 8.05. The van der Waals surface area contributed by atoms with Crippen LogP contribution in [0.4, 0.5) is 5.82 Å². The predicted octanol–water partition coefficient (Wildman–Crippen LogP) is 2.00. The minimum atomic E-state index is -0.177. The second-order valence-electron chi connectivity index (χ2n) is 5.01. The Morgan fingerprint density at radius 1 is 1.39 bits per heavy atom. The number of ether oxygens (including phenoxy) is 1. The van der Waals surface area contributed by atoms with Gasteiger partial charge in [0.25, 0.3) is 5.91 Å². The molecular formula is C17H20N4O2. The van der Waals surface area contributed by atoms with Crippen LogP contribution in [0, 0.1) is 6.92 Å². The van der Waals surface area contributed by atoms with Gasteiger partial charge < -0.3 is 15.8 Å². The van der Waals surface area contributed by atoms with E-state index in [4.69, 9.17) is 10.5 Å². The Balaban J connectivity index is 1.91. The van der Waals surface area contributed by atoms with Gasteiger partial charge in [-0.3, -0.25) is 4.79 Å². The maximum absolute atomic E-state index is 12.1. The Bertz CT molecular complexity index is 683. The van der Waals surface area contributed by atoms with Crippen molar-refractivity contribution in [2.75, 3.05) is 12.3 Å². The first-order valence-corrected chi connectivity index (χ1v) is 7.24. The molecule has 0 radical (unpaired) electrons. The number of rotatable bonds is 7. The summed E-state index contributed by atoms with van der Waals surface area (Å²) in [6.07, 6.45) is 3.32. The molecule has 2 rings (SSSR count). The number of aromatic nitrogens is 2. The van der Waals surface area contributed by atoms with Crippen molar-refractivity contribution in [1.82, 2.24) is 15.3 Å². The van der Waals surface area contributed by atoms with Crippen LogP contribution in [0.2, 0.25) is 0 Å². The van der Waals surface area contributed by atoms with E-state index in [2.05, 4.69) is 21.9 Å². The summed E-state index contributed by atoms with van der Waals surface area (Å²) in [7, 11) is 0. The van der Waals surface area contributed by atoms with E-state index in [0.29, 0.717) is 36.0 Å². The molecule has 1 aromatic heterocycles. The van der Waals surface area contributed by atoms with E-state index in [1.54, 1.807) is 31.3 Å². The molecule has 3 N–H and O–H groups in total. The van der Waals surface area contributed by atoms with Crippen molar-refractivity contribution < 1.29 is 9.53 Å². The highest BCUT2D eigenvalue weighted by Crippen LogP contribution is 2.09. The van der Waals surface area contributed by atoms with Crippen molar-refractivity contribution in [1.29, 1.82) is 0 Å². The van der Waals surface area contributed by atoms with E-state index in [1.807, 2.05) is 12.1 Å². The Morgan fingerprint density at radius 3 is 2.78 bits per heavy atom. The zero-order valence-corrected chi connectivity index (χ0v) is 13.1. The Hall–Kier alpha value is -2.73. The molecular weight excluding hydrogens is 292 g/mol. The van der Waals surface area contributed by atoms with Gasteiger partial charge >= 0.3 is 0 Å². The average molecular weight is 312 g/mol. The van der Waals surface area contributed by atoms with E-state index in [0.717, 1.165) is 5.56 Å². The van der Waals surface area contributed by atoms with Crippen LogP contribution >= 0.6 is 0 Å². The van der Waals surface area contributed by atoms with Crippen LogP contribution in [-0.4, -0.2) is 22.5 Å². The van der Waals surface area contributed by atoms with Gasteiger partial charge in [-0.05, 0) is 24.6 Å². The lowest BCUT2D eigenvalue weighted by Gasteiger charge is -2.08. The minimum Gasteiger partial charge on any atom is -0.383 e. The van der Waals surface area contributed by atoms with Crippen LogP contribution in [0.25, 0.3) is 0 Å². The number of nitrogens with one attached hydrogen (secondary N) is 1. The van der Waals surface area contributed by atoms with Gasteiger partial charge in [0, 0.05) is 23.9 Å². The SMILES string of the molecule is C=CCOCc1ccc(C(=O)NCc2cnc(C)nc2N)cc1. The normalized spacial score (nSPS) is 10.3. The van der Waals surface area contributed by atoms with Crippen LogP contribution in [-0.2, 0) is 17.9 Å². The summed E-state index contributed by atoms with van der Waals surface area (Å²) in [6.45, 7) is 6.63. The molecule has 6 heteroatoms. The molecule has 120 valence electrons. The highest BCUT2D eigenvalue weighted by Gasteiger charge is 2.07. The number of carbonyl (C=O) groups excluding carboxylic acids is 1. The highest BCUT2D eigenvalue weighted by molar-refractivity contribution is 5.94. The lowest BCUT2D eigenvalue weighted by atomic mass is 10.1. The van der Waals surface area contributed by atoms with Crippen molar-refractivity contribution in [3.8, 4) is 0 Å². The Labute approximate surface area is 135 Å². The fourth-order valence-electron chi connectivity index (χ4n) is 1.94. The Kier molecular flexibility index (Phi) is 5.82. The number of amides is 1. The number of hydrogen-bond acceptors (Lipinski definition) is 5. The van der Waals surface area contributed by atoms with Crippen molar-refractivity contribution in [3.63, 3.8) is 0 Å². The zero-order valence-electron chi connectivity index (χ0n) is 13.1. The molecule has 0 bridgehead atoms. The number of anilines is 1. The number of hydrogen-bond donors (Lipinski definition) is 2. The molecule has 2 aromatic rings. The molecule has 0 unspecified atom stereocenters. The molecule has 0 aliphatic heterocycles. The summed E-state index contributed by atoms with van der Waals surface area (Å²) in [6, 6.07) is 7.25. The standard InChI is InChI=1S/C17H20N4O2/c1-3-8-23-11-13-4-6-14(7-5-13)17(22)20-10-15-9-19-12(2)21-16(15)18/h3-7,9H,1,8,10-11H2,2H3,(H,20,22)(H2,18,19,21). The van der Waals surface area contributed by atoms with Gasteiger partial charge in [0.2, 0.25) is 0 Å². The smallest absolute Gasteiger partial charge is 0.251 e. The number of nitrogens with zero attached hydrogens (tertiary/aromatic N) is 2. The summed E-state index contributed by atoms with van der Waals surface area (Å²) < 4.78 is 5.35. The van der Waals surface area contributed by atoms with Crippen molar-refractivity contribution in [2.45, 2.75) is 20.1 Å². The average Bonchev–Trinajstić information content (AvgIpc) is 2.55. The molecule has 0 aliphatic rings. The lowest BCUT2D eigenvalue weighted by molar-refractivity contribution is 0.0951. The quantitative estimate of drug-likeness (QED) is 0.603. The third-order valence-electron chi connectivity index (χ3n) is 3.18. The summed E-state index contributed by atoms with van der Waals surface area (Å²) in [5.41, 5.74) is 8.07. The van der Waals surface area contributed by atoms with Crippen LogP contribution < -0.4 is 11.1 Å². The van der Waals surface area contributed by atoms with E-state index in [-0.39, 0.29) is 12.5 Å². The van der Waals surface area contributed by atoms with Crippen molar-refractivity contribution in [3.05, 3.63) is 65.6 Å². The van der Waals surface area contributed by atoms with Gasteiger partial charge in [0.1, 0.15) is 11.6 Å². The third kappa shape index (κ3) is 4.89. The molecule has 0 aliphatic carbocycles. The van der Waals surface area contributed by atoms with Crippen LogP contribution in [0.15, 0.2) is 43.1 Å². The fourth-order valence-corrected chi connectivity index (χ4v) is 1.94. The largest absolute Gasteiger partial charge is 0.383 e. The maximum atomic E-state index is 12.1. The summed E-state index contributed by atoms with van der Waals surface area (Å²) in [5, 5.41) is 2.80. The molecule has 0 saturated heterocycles. The van der Waals surface area contributed by atoms with Crippen LogP contribution in [0.5, 0.6) is 0 Å². The third-order valence-corrected chi connectivity index (χ3v) is 3.18. The topological polar surface area (TPSA) is 90.1 Å². The van der Waals surface area contributed by atoms with Crippen molar-refractivity contribution in [2.24, 2.45) is 0 Å². The van der Waals surface area contributed by atoms with Crippen molar-refractivity contribution >= 4 is 11.7 Å². The molecule has 0 spiro atoms. The van der Waals surface area contributed by atoms with Gasteiger partial charge in [0.15, 0.2) is 0 Å². The van der Waals surface area contributed by atoms with Gasteiger partial charge in [0.05, 0.1) is 13.2 Å². The first kappa shape index (κ1) is 16.6. The number of nitrogens with two attached hydrogens (primary N) is 1. The second-order valence-corrected chi connectivity index (χ2v) is 5.01. The maximum Gasteiger partial charge on any atom is 0.251 e. The van der Waals surface area contributed by atoms with Gasteiger partial charge in [-0.2, -0.15) is 0 Å². The van der Waals surface area contributed by atoms with Gasteiger partial charge in [-0.15, -0.1) is 6.58 Å². The number of carbonyl (C=O) groups is 1. The molecule has 0 atom stereocenters. The van der Waals surface area contributed by atoms with Crippen LogP contribution in [0.3, 0.4) is 0 Å². The number of nitrogen functional groups attached to an aromatic ring is 1. The summed E-state index contributed by atoms with van der Waals surface area (Å²) in [4.78, 5) is 20.3. The van der Waals surface area contributed by atoms with Gasteiger partial charge in [-0.25, -0.2) is 9.97 Å². The predicted molar refractivity (Wildman–Crippen MR) is 88.6 cm³/mol.